The van der Waals surface area contributed by atoms with Crippen LogP contribution in [0.3, 0.4) is 0 Å². The maximum absolute atomic E-state index is 13.0. The molecule has 3 N–H and O–H groups in total. The van der Waals surface area contributed by atoms with Crippen LogP contribution in [0.1, 0.15) is 5.56 Å². The molecule has 26 heavy (non-hydrogen) atoms. The second-order valence-corrected chi connectivity index (χ2v) is 6.13. The Bertz CT molecular complexity index is 880. The number of halogens is 3. The molecule has 0 spiro atoms. The Morgan fingerprint density at radius 2 is 1.77 bits per heavy atom. The summed E-state index contributed by atoms with van der Waals surface area (Å²) in [5, 5.41) is 8.36. The molecule has 0 fully saturated rings. The summed E-state index contributed by atoms with van der Waals surface area (Å²) >= 11 is 6.30. The standard InChI is InChI=1S/C16H12F3N5S2/c17-16(18,19)12-3-1-2-4-13(12)20-15(25)23-21-11-7-5-10(6-8-11)14-9-26-24-22-14/h1-9,21H,(H2,20,23,25). The van der Waals surface area contributed by atoms with E-state index in [4.69, 9.17) is 12.2 Å². The Morgan fingerprint density at radius 3 is 2.42 bits per heavy atom. The normalized spacial score (nSPS) is 11.0. The molecular formula is C16H12F3N5S2. The third-order valence-corrected chi connectivity index (χ3v) is 4.05. The highest BCUT2D eigenvalue weighted by Crippen LogP contribution is 2.34. The average molecular weight is 395 g/mol. The lowest BCUT2D eigenvalue weighted by Crippen LogP contribution is -2.33. The summed E-state index contributed by atoms with van der Waals surface area (Å²) in [4.78, 5) is 0. The van der Waals surface area contributed by atoms with Gasteiger partial charge in [0.25, 0.3) is 0 Å². The zero-order chi connectivity index (χ0) is 18.6. The predicted molar refractivity (Wildman–Crippen MR) is 99.8 cm³/mol. The molecule has 0 amide bonds. The summed E-state index contributed by atoms with van der Waals surface area (Å²) in [6.45, 7) is 0. The lowest BCUT2D eigenvalue weighted by atomic mass is 10.1. The number of hydrogen-bond donors (Lipinski definition) is 3. The zero-order valence-electron chi connectivity index (χ0n) is 13.0. The number of rotatable bonds is 4. The first-order chi connectivity index (χ1) is 12.4. The van der Waals surface area contributed by atoms with E-state index in [-0.39, 0.29) is 10.8 Å². The Kier molecular flexibility index (Phi) is 5.33. The van der Waals surface area contributed by atoms with Gasteiger partial charge in [-0.1, -0.05) is 28.8 Å². The Morgan fingerprint density at radius 1 is 1.04 bits per heavy atom. The number of benzene rings is 2. The van der Waals surface area contributed by atoms with Crippen LogP contribution in [0.5, 0.6) is 0 Å². The summed E-state index contributed by atoms with van der Waals surface area (Å²) in [6.07, 6.45) is -4.47. The van der Waals surface area contributed by atoms with Gasteiger partial charge in [0.05, 0.1) is 16.9 Å². The van der Waals surface area contributed by atoms with Gasteiger partial charge in [0.2, 0.25) is 0 Å². The van der Waals surface area contributed by atoms with Gasteiger partial charge in [-0.3, -0.25) is 10.9 Å². The van der Waals surface area contributed by atoms with Crippen LogP contribution in [0.15, 0.2) is 53.9 Å². The third kappa shape index (κ3) is 4.46. The Labute approximate surface area is 156 Å². The number of aromatic nitrogens is 2. The van der Waals surface area contributed by atoms with Crippen LogP contribution in [0.25, 0.3) is 11.3 Å². The van der Waals surface area contributed by atoms with Gasteiger partial charge in [-0.25, -0.2) is 0 Å². The van der Waals surface area contributed by atoms with E-state index in [0.717, 1.165) is 17.3 Å². The molecule has 0 aliphatic rings. The van der Waals surface area contributed by atoms with Gasteiger partial charge in [0, 0.05) is 10.9 Å². The first kappa shape index (κ1) is 18.1. The zero-order valence-corrected chi connectivity index (χ0v) is 14.7. The van der Waals surface area contributed by atoms with E-state index in [9.17, 15) is 13.2 Å². The van der Waals surface area contributed by atoms with Crippen LogP contribution in [-0.2, 0) is 6.18 Å². The van der Waals surface area contributed by atoms with Crippen molar-refractivity contribution in [3.63, 3.8) is 0 Å². The van der Waals surface area contributed by atoms with Crippen LogP contribution in [0.2, 0.25) is 0 Å². The van der Waals surface area contributed by atoms with Gasteiger partial charge in [-0.05, 0) is 48.0 Å². The Hall–Kier alpha value is -2.72. The maximum Gasteiger partial charge on any atom is 0.418 e. The highest BCUT2D eigenvalue weighted by atomic mass is 32.1. The molecule has 3 rings (SSSR count). The number of nitrogens with one attached hydrogen (secondary N) is 3. The molecule has 10 heteroatoms. The minimum absolute atomic E-state index is 0.00878. The Balaban J connectivity index is 1.60. The van der Waals surface area contributed by atoms with Gasteiger partial charge in [0.1, 0.15) is 5.69 Å². The van der Waals surface area contributed by atoms with Crippen LogP contribution in [-0.4, -0.2) is 14.7 Å². The van der Waals surface area contributed by atoms with Crippen LogP contribution < -0.4 is 16.2 Å². The van der Waals surface area contributed by atoms with Crippen molar-refractivity contribution in [3.8, 4) is 11.3 Å². The fourth-order valence-corrected chi connectivity index (χ4v) is 2.76. The minimum atomic E-state index is -4.47. The van der Waals surface area contributed by atoms with Crippen molar-refractivity contribution in [2.45, 2.75) is 6.18 Å². The first-order valence-electron chi connectivity index (χ1n) is 7.30. The third-order valence-electron chi connectivity index (χ3n) is 3.34. The second kappa shape index (κ2) is 7.67. The fourth-order valence-electron chi connectivity index (χ4n) is 2.14. The number of anilines is 2. The van der Waals surface area contributed by atoms with Crippen molar-refractivity contribution >= 4 is 40.2 Å². The van der Waals surface area contributed by atoms with Crippen molar-refractivity contribution < 1.29 is 13.2 Å². The summed E-state index contributed by atoms with van der Waals surface area (Å²) in [7, 11) is 0. The van der Waals surface area contributed by atoms with Crippen LogP contribution in [0.4, 0.5) is 24.5 Å². The van der Waals surface area contributed by atoms with Gasteiger partial charge in [0.15, 0.2) is 5.11 Å². The first-order valence-corrected chi connectivity index (χ1v) is 8.55. The topological polar surface area (TPSA) is 61.9 Å². The molecule has 0 aliphatic heterocycles. The van der Waals surface area contributed by atoms with E-state index >= 15 is 0 Å². The quantitative estimate of drug-likeness (QED) is 0.445. The summed E-state index contributed by atoms with van der Waals surface area (Å²) < 4.78 is 42.7. The fraction of sp³-hybridized carbons (Fsp3) is 0.0625. The molecule has 0 aliphatic carbocycles. The number of nitrogens with zero attached hydrogens (tertiary/aromatic N) is 2. The second-order valence-electron chi connectivity index (χ2n) is 5.11. The van der Waals surface area contributed by atoms with E-state index in [1.54, 1.807) is 12.1 Å². The molecular weight excluding hydrogens is 383 g/mol. The number of hydrogen-bond acceptors (Lipinski definition) is 5. The van der Waals surface area contributed by atoms with Crippen molar-refractivity contribution in [3.05, 3.63) is 59.5 Å². The molecule has 5 nitrogen and oxygen atoms in total. The van der Waals surface area contributed by atoms with E-state index in [2.05, 4.69) is 25.8 Å². The molecule has 1 heterocycles. The molecule has 3 aromatic rings. The van der Waals surface area contributed by atoms with Crippen molar-refractivity contribution in [2.75, 3.05) is 10.7 Å². The monoisotopic (exact) mass is 395 g/mol. The summed E-state index contributed by atoms with van der Waals surface area (Å²) in [6, 6.07) is 12.4. The molecule has 1 aromatic heterocycles. The van der Waals surface area contributed by atoms with Crippen LogP contribution in [0, 0.1) is 0 Å². The van der Waals surface area contributed by atoms with Crippen molar-refractivity contribution in [2.24, 2.45) is 0 Å². The number of alkyl halides is 3. The van der Waals surface area contributed by atoms with E-state index in [0.29, 0.717) is 5.69 Å². The number of para-hydroxylation sites is 1. The summed E-state index contributed by atoms with van der Waals surface area (Å²) in [5.41, 5.74) is 6.94. The highest BCUT2D eigenvalue weighted by Gasteiger charge is 2.33. The predicted octanol–water partition coefficient (Wildman–Crippen LogP) is 4.54. The van der Waals surface area contributed by atoms with Crippen molar-refractivity contribution in [1.29, 1.82) is 0 Å². The van der Waals surface area contributed by atoms with Gasteiger partial charge < -0.3 is 5.32 Å². The molecule has 0 atom stereocenters. The molecule has 0 saturated heterocycles. The van der Waals surface area contributed by atoms with Gasteiger partial charge >= 0.3 is 6.18 Å². The maximum atomic E-state index is 13.0. The average Bonchev–Trinajstić information content (AvgIpc) is 3.15. The van der Waals surface area contributed by atoms with Crippen LogP contribution >= 0.6 is 23.8 Å². The van der Waals surface area contributed by atoms with E-state index in [1.807, 2.05) is 17.5 Å². The largest absolute Gasteiger partial charge is 0.418 e. The summed E-state index contributed by atoms with van der Waals surface area (Å²) in [5.74, 6) is 0. The molecule has 0 unspecified atom stereocenters. The lowest BCUT2D eigenvalue weighted by Gasteiger charge is -2.16. The minimum Gasteiger partial charge on any atom is -0.331 e. The van der Waals surface area contributed by atoms with E-state index in [1.165, 1.54) is 29.7 Å². The smallest absolute Gasteiger partial charge is 0.331 e. The van der Waals surface area contributed by atoms with Gasteiger partial charge in [-0.2, -0.15) is 13.2 Å². The lowest BCUT2D eigenvalue weighted by molar-refractivity contribution is -0.136. The highest BCUT2D eigenvalue weighted by molar-refractivity contribution is 7.80. The SMILES string of the molecule is FC(F)(F)c1ccccc1NC(=S)NNc1ccc(-c2csnn2)cc1. The number of thiocarbonyl (C=S) groups is 1. The molecule has 0 bridgehead atoms. The number of hydrazine groups is 1. The molecule has 134 valence electrons. The molecule has 0 radical (unpaired) electrons. The molecule has 2 aromatic carbocycles. The van der Waals surface area contributed by atoms with Crippen molar-refractivity contribution in [1.82, 2.24) is 15.0 Å². The van der Waals surface area contributed by atoms with Gasteiger partial charge in [-0.15, -0.1) is 5.10 Å². The molecule has 0 saturated carbocycles. The van der Waals surface area contributed by atoms with E-state index < -0.39 is 11.7 Å².